The molecule has 1 aliphatic carbocycles. The molecule has 2 fully saturated rings. The van der Waals surface area contributed by atoms with Gasteiger partial charge in [-0.1, -0.05) is 32.8 Å². The van der Waals surface area contributed by atoms with Gasteiger partial charge >= 0.3 is 0 Å². The Kier molecular flexibility index (Phi) is 6.47. The van der Waals surface area contributed by atoms with Gasteiger partial charge in [0.15, 0.2) is 0 Å². The predicted octanol–water partition coefficient (Wildman–Crippen LogP) is 2.74. The van der Waals surface area contributed by atoms with Gasteiger partial charge in [-0.15, -0.1) is 0 Å². The van der Waals surface area contributed by atoms with E-state index in [0.717, 1.165) is 25.3 Å². The zero-order valence-electron chi connectivity index (χ0n) is 13.9. The minimum absolute atomic E-state index is 0.0217. The second kappa shape index (κ2) is 8.35. The van der Waals surface area contributed by atoms with Gasteiger partial charge in [0.25, 0.3) is 0 Å². The Morgan fingerprint density at radius 3 is 2.23 bits per heavy atom. The van der Waals surface area contributed by atoms with Gasteiger partial charge in [0.2, 0.25) is 11.8 Å². The third-order valence-electron chi connectivity index (χ3n) is 5.46. The number of piperidine rings is 1. The molecular weight excluding hydrogens is 276 g/mol. The van der Waals surface area contributed by atoms with E-state index in [1.54, 1.807) is 4.90 Å². The standard InChI is InChI=1S/C18H30N2O2/c1-3-14-5-7-15(8-6-14)13-19-18(22)16-9-11-20(12-10-16)17(21)4-2/h4,14-16H,2-3,5-13H2,1H3,(H,19,22). The molecule has 2 rings (SSSR count). The fraction of sp³-hybridized carbons (Fsp3) is 0.778. The van der Waals surface area contributed by atoms with Gasteiger partial charge in [0.1, 0.15) is 0 Å². The second-order valence-corrected chi connectivity index (χ2v) is 6.84. The van der Waals surface area contributed by atoms with Crippen LogP contribution >= 0.6 is 0 Å². The van der Waals surface area contributed by atoms with Crippen molar-refractivity contribution in [2.24, 2.45) is 17.8 Å². The van der Waals surface area contributed by atoms with Gasteiger partial charge in [-0.05, 0) is 43.6 Å². The molecule has 0 spiro atoms. The van der Waals surface area contributed by atoms with Crippen molar-refractivity contribution in [1.82, 2.24) is 10.2 Å². The van der Waals surface area contributed by atoms with Gasteiger partial charge in [0, 0.05) is 25.6 Å². The number of hydrogen-bond donors (Lipinski definition) is 1. The summed E-state index contributed by atoms with van der Waals surface area (Å²) in [6.45, 7) is 7.96. The van der Waals surface area contributed by atoms with Crippen molar-refractivity contribution >= 4 is 11.8 Å². The quantitative estimate of drug-likeness (QED) is 0.794. The third-order valence-corrected chi connectivity index (χ3v) is 5.46. The van der Waals surface area contributed by atoms with Crippen LogP contribution in [0.25, 0.3) is 0 Å². The first-order valence-corrected chi connectivity index (χ1v) is 8.83. The maximum Gasteiger partial charge on any atom is 0.245 e. The Hall–Kier alpha value is -1.32. The number of nitrogens with zero attached hydrogens (tertiary/aromatic N) is 1. The van der Waals surface area contributed by atoms with Crippen LogP contribution in [0.4, 0.5) is 0 Å². The molecule has 2 amide bonds. The Balaban J connectivity index is 1.66. The number of rotatable bonds is 5. The largest absolute Gasteiger partial charge is 0.356 e. The minimum atomic E-state index is -0.0217. The van der Waals surface area contributed by atoms with E-state index in [-0.39, 0.29) is 17.7 Å². The number of amides is 2. The molecule has 22 heavy (non-hydrogen) atoms. The summed E-state index contributed by atoms with van der Waals surface area (Å²) < 4.78 is 0. The average molecular weight is 306 g/mol. The first-order valence-electron chi connectivity index (χ1n) is 8.83. The van der Waals surface area contributed by atoms with Crippen molar-refractivity contribution in [3.63, 3.8) is 0 Å². The molecule has 0 atom stereocenters. The van der Waals surface area contributed by atoms with E-state index >= 15 is 0 Å². The van der Waals surface area contributed by atoms with E-state index in [1.165, 1.54) is 38.2 Å². The van der Waals surface area contributed by atoms with Crippen molar-refractivity contribution < 1.29 is 9.59 Å². The molecule has 1 saturated carbocycles. The van der Waals surface area contributed by atoms with E-state index in [2.05, 4.69) is 18.8 Å². The molecule has 0 aromatic heterocycles. The summed E-state index contributed by atoms with van der Waals surface area (Å²) in [5.41, 5.74) is 0. The van der Waals surface area contributed by atoms with Crippen molar-refractivity contribution in [2.45, 2.75) is 51.9 Å². The highest BCUT2D eigenvalue weighted by Crippen LogP contribution is 2.30. The van der Waals surface area contributed by atoms with Crippen LogP contribution in [-0.2, 0) is 9.59 Å². The average Bonchev–Trinajstić information content (AvgIpc) is 2.59. The lowest BCUT2D eigenvalue weighted by molar-refractivity contribution is -0.132. The molecule has 0 unspecified atom stereocenters. The van der Waals surface area contributed by atoms with Crippen molar-refractivity contribution in [2.75, 3.05) is 19.6 Å². The van der Waals surface area contributed by atoms with Crippen LogP contribution in [0.15, 0.2) is 12.7 Å². The molecule has 124 valence electrons. The highest BCUT2D eigenvalue weighted by Gasteiger charge is 2.27. The first kappa shape index (κ1) is 17.0. The summed E-state index contributed by atoms with van der Waals surface area (Å²) in [6, 6.07) is 0. The van der Waals surface area contributed by atoms with E-state index in [4.69, 9.17) is 0 Å². The van der Waals surface area contributed by atoms with E-state index in [1.807, 2.05) is 0 Å². The summed E-state index contributed by atoms with van der Waals surface area (Å²) in [7, 11) is 0. The lowest BCUT2D eigenvalue weighted by Crippen LogP contribution is -2.43. The van der Waals surface area contributed by atoms with Gasteiger partial charge in [-0.3, -0.25) is 9.59 Å². The number of carbonyl (C=O) groups excluding carboxylic acids is 2. The fourth-order valence-electron chi connectivity index (χ4n) is 3.72. The van der Waals surface area contributed by atoms with Gasteiger partial charge < -0.3 is 10.2 Å². The maximum atomic E-state index is 12.3. The van der Waals surface area contributed by atoms with Gasteiger partial charge in [-0.2, -0.15) is 0 Å². The molecule has 2 aliphatic rings. The summed E-state index contributed by atoms with van der Waals surface area (Å²) >= 11 is 0. The fourth-order valence-corrected chi connectivity index (χ4v) is 3.72. The molecule has 0 aromatic rings. The molecule has 4 nitrogen and oxygen atoms in total. The van der Waals surface area contributed by atoms with Crippen molar-refractivity contribution in [1.29, 1.82) is 0 Å². The van der Waals surface area contributed by atoms with Crippen LogP contribution in [0.3, 0.4) is 0 Å². The van der Waals surface area contributed by atoms with Crippen molar-refractivity contribution in [3.8, 4) is 0 Å². The Bertz CT molecular complexity index is 392. The number of nitrogens with one attached hydrogen (secondary N) is 1. The summed E-state index contributed by atoms with van der Waals surface area (Å²) in [5, 5.41) is 3.15. The predicted molar refractivity (Wildman–Crippen MR) is 88.2 cm³/mol. The van der Waals surface area contributed by atoms with Crippen LogP contribution < -0.4 is 5.32 Å². The zero-order valence-corrected chi connectivity index (χ0v) is 13.9. The highest BCUT2D eigenvalue weighted by atomic mass is 16.2. The molecule has 0 aromatic carbocycles. The Labute approximate surface area is 134 Å². The summed E-state index contributed by atoms with van der Waals surface area (Å²) in [5.74, 6) is 1.79. The van der Waals surface area contributed by atoms with Gasteiger partial charge in [-0.25, -0.2) is 0 Å². The topological polar surface area (TPSA) is 49.4 Å². The van der Waals surface area contributed by atoms with Crippen LogP contribution in [0.5, 0.6) is 0 Å². The number of hydrogen-bond acceptors (Lipinski definition) is 2. The number of likely N-dealkylation sites (tertiary alicyclic amines) is 1. The SMILES string of the molecule is C=CC(=O)N1CCC(C(=O)NCC2CCC(CC)CC2)CC1. The monoisotopic (exact) mass is 306 g/mol. The molecule has 1 saturated heterocycles. The summed E-state index contributed by atoms with van der Waals surface area (Å²) in [6.07, 6.45) is 9.34. The van der Waals surface area contributed by atoms with Crippen LogP contribution in [0.2, 0.25) is 0 Å². The first-order chi connectivity index (χ1) is 10.6. The molecular formula is C18H30N2O2. The van der Waals surface area contributed by atoms with Crippen LogP contribution in [0, 0.1) is 17.8 Å². The van der Waals surface area contributed by atoms with E-state index < -0.39 is 0 Å². The van der Waals surface area contributed by atoms with Crippen LogP contribution in [-0.4, -0.2) is 36.3 Å². The lowest BCUT2D eigenvalue weighted by atomic mass is 9.81. The van der Waals surface area contributed by atoms with E-state index in [9.17, 15) is 9.59 Å². The Morgan fingerprint density at radius 1 is 1.09 bits per heavy atom. The second-order valence-electron chi connectivity index (χ2n) is 6.84. The molecule has 4 heteroatoms. The summed E-state index contributed by atoms with van der Waals surface area (Å²) in [4.78, 5) is 25.6. The van der Waals surface area contributed by atoms with E-state index in [0.29, 0.717) is 19.0 Å². The molecule has 0 radical (unpaired) electrons. The minimum Gasteiger partial charge on any atom is -0.356 e. The van der Waals surface area contributed by atoms with Gasteiger partial charge in [0.05, 0.1) is 0 Å². The number of carbonyl (C=O) groups is 2. The Morgan fingerprint density at radius 2 is 1.68 bits per heavy atom. The molecule has 1 aliphatic heterocycles. The van der Waals surface area contributed by atoms with Crippen molar-refractivity contribution in [3.05, 3.63) is 12.7 Å². The molecule has 0 bridgehead atoms. The third kappa shape index (κ3) is 4.59. The molecule has 1 heterocycles. The highest BCUT2D eigenvalue weighted by molar-refractivity contribution is 5.87. The lowest BCUT2D eigenvalue weighted by Gasteiger charge is -2.32. The normalized spacial score (nSPS) is 26.5. The molecule has 1 N–H and O–H groups in total. The zero-order chi connectivity index (χ0) is 15.9. The maximum absolute atomic E-state index is 12.3. The van der Waals surface area contributed by atoms with Crippen LogP contribution in [0.1, 0.15) is 51.9 Å². The smallest absolute Gasteiger partial charge is 0.245 e.